The molecule has 8 nitrogen and oxygen atoms in total. The third-order valence-electron chi connectivity index (χ3n) is 6.28. The molecule has 174 valence electrons. The quantitative estimate of drug-likeness (QED) is 0.595. The van der Waals surface area contributed by atoms with Gasteiger partial charge in [0.1, 0.15) is 5.75 Å². The van der Waals surface area contributed by atoms with Crippen LogP contribution >= 0.6 is 0 Å². The maximum Gasteiger partial charge on any atom is 0.263 e. The minimum absolute atomic E-state index is 0.0938. The third kappa shape index (κ3) is 4.71. The number of hydrogen-bond acceptors (Lipinski definition) is 6. The zero-order valence-corrected chi connectivity index (χ0v) is 18.8. The Morgan fingerprint density at radius 2 is 2.00 bits per heavy atom. The van der Waals surface area contributed by atoms with E-state index in [0.29, 0.717) is 36.3 Å². The van der Waals surface area contributed by atoms with Gasteiger partial charge in [-0.3, -0.25) is 19.3 Å². The molecule has 33 heavy (non-hydrogen) atoms. The maximum absolute atomic E-state index is 13.3. The van der Waals surface area contributed by atoms with E-state index in [9.17, 15) is 14.4 Å². The predicted molar refractivity (Wildman–Crippen MR) is 124 cm³/mol. The van der Waals surface area contributed by atoms with E-state index in [1.165, 1.54) is 4.90 Å². The van der Waals surface area contributed by atoms with Crippen molar-refractivity contribution in [2.24, 2.45) is 5.92 Å². The molecule has 2 heterocycles. The van der Waals surface area contributed by atoms with Crippen molar-refractivity contribution in [3.8, 4) is 5.75 Å². The van der Waals surface area contributed by atoms with Crippen LogP contribution in [0.1, 0.15) is 39.1 Å². The van der Waals surface area contributed by atoms with Gasteiger partial charge in [0.15, 0.2) is 0 Å². The van der Waals surface area contributed by atoms with Gasteiger partial charge in [0, 0.05) is 26.2 Å². The van der Waals surface area contributed by atoms with Crippen molar-refractivity contribution in [3.63, 3.8) is 0 Å². The molecule has 2 aromatic carbocycles. The molecule has 2 aliphatic rings. The largest absolute Gasteiger partial charge is 0.497 e. The lowest BCUT2D eigenvalue weighted by atomic mass is 9.95. The molecule has 8 heteroatoms. The van der Waals surface area contributed by atoms with Crippen LogP contribution in [0.15, 0.2) is 42.5 Å². The number of ether oxygens (including phenoxy) is 1. The summed E-state index contributed by atoms with van der Waals surface area (Å²) in [6, 6.07) is 12.9. The minimum Gasteiger partial charge on any atom is -0.497 e. The molecule has 0 aliphatic carbocycles. The molecule has 2 aliphatic heterocycles. The molecule has 0 radical (unpaired) electrons. The van der Waals surface area contributed by atoms with E-state index in [2.05, 4.69) is 5.32 Å². The fourth-order valence-corrected chi connectivity index (χ4v) is 4.58. The molecular weight excluding hydrogens is 422 g/mol. The Labute approximate surface area is 193 Å². The highest BCUT2D eigenvalue weighted by Crippen LogP contribution is 2.34. The topological polar surface area (TPSA) is 99.2 Å². The normalized spacial score (nSPS) is 17.8. The number of rotatable bonds is 8. The summed E-state index contributed by atoms with van der Waals surface area (Å²) in [6.45, 7) is 1.59. The lowest BCUT2D eigenvalue weighted by molar-refractivity contribution is -0.125. The van der Waals surface area contributed by atoms with Crippen LogP contribution in [0.5, 0.6) is 5.75 Å². The van der Waals surface area contributed by atoms with Crippen molar-refractivity contribution in [3.05, 3.63) is 59.2 Å². The Morgan fingerprint density at radius 3 is 2.79 bits per heavy atom. The number of carbonyl (C=O) groups excluding carboxylic acids is 3. The first kappa shape index (κ1) is 22.8. The smallest absolute Gasteiger partial charge is 0.263 e. The number of carbonyl (C=O) groups is 3. The van der Waals surface area contributed by atoms with Gasteiger partial charge in [-0.2, -0.15) is 0 Å². The summed E-state index contributed by atoms with van der Waals surface area (Å²) in [5.41, 5.74) is 2.52. The third-order valence-corrected chi connectivity index (χ3v) is 6.28. The van der Waals surface area contributed by atoms with Crippen LogP contribution in [0, 0.1) is 5.92 Å². The van der Waals surface area contributed by atoms with Gasteiger partial charge in [-0.05, 0) is 49.1 Å². The highest BCUT2D eigenvalue weighted by molar-refractivity contribution is 6.23. The first-order valence-electron chi connectivity index (χ1n) is 11.3. The number of fused-ring (bicyclic) bond motifs is 1. The zero-order chi connectivity index (χ0) is 23.4. The van der Waals surface area contributed by atoms with E-state index >= 15 is 0 Å². The number of piperidine rings is 1. The van der Waals surface area contributed by atoms with Crippen molar-refractivity contribution in [2.75, 3.05) is 44.8 Å². The summed E-state index contributed by atoms with van der Waals surface area (Å²) < 4.78 is 5.26. The molecule has 0 saturated carbocycles. The molecule has 0 bridgehead atoms. The molecule has 4 rings (SSSR count). The van der Waals surface area contributed by atoms with Crippen molar-refractivity contribution < 1.29 is 24.2 Å². The SMILES string of the molecule is COc1cccc(CCN2C(=O)c3cccc(N4CCC[C@H](C(=O)NCCO)C4)c3C2=O)c1. The highest BCUT2D eigenvalue weighted by atomic mass is 16.5. The van der Waals surface area contributed by atoms with Gasteiger partial charge < -0.3 is 20.1 Å². The molecule has 1 fully saturated rings. The number of amides is 3. The van der Waals surface area contributed by atoms with E-state index in [1.807, 2.05) is 35.2 Å². The molecule has 3 amide bonds. The van der Waals surface area contributed by atoms with Crippen molar-refractivity contribution >= 4 is 23.4 Å². The Bertz CT molecular complexity index is 1050. The Morgan fingerprint density at radius 1 is 1.18 bits per heavy atom. The first-order valence-corrected chi connectivity index (χ1v) is 11.3. The lowest BCUT2D eigenvalue weighted by Gasteiger charge is -2.34. The van der Waals surface area contributed by atoms with E-state index in [4.69, 9.17) is 9.84 Å². The van der Waals surface area contributed by atoms with E-state index < -0.39 is 0 Å². The number of benzene rings is 2. The van der Waals surface area contributed by atoms with Crippen LogP contribution in [-0.4, -0.2) is 67.6 Å². The van der Waals surface area contributed by atoms with Crippen LogP contribution in [0.3, 0.4) is 0 Å². The number of imide groups is 1. The molecule has 2 N–H and O–H groups in total. The second-order valence-corrected chi connectivity index (χ2v) is 8.36. The van der Waals surface area contributed by atoms with Gasteiger partial charge in [-0.1, -0.05) is 18.2 Å². The number of aliphatic hydroxyl groups is 1. The van der Waals surface area contributed by atoms with Gasteiger partial charge >= 0.3 is 0 Å². The molecule has 1 saturated heterocycles. The summed E-state index contributed by atoms with van der Waals surface area (Å²) in [7, 11) is 1.60. The van der Waals surface area contributed by atoms with Crippen molar-refractivity contribution in [1.82, 2.24) is 10.2 Å². The Kier molecular flexibility index (Phi) is 6.93. The molecule has 0 spiro atoms. The fourth-order valence-electron chi connectivity index (χ4n) is 4.58. The summed E-state index contributed by atoms with van der Waals surface area (Å²) in [6.07, 6.45) is 2.10. The van der Waals surface area contributed by atoms with Gasteiger partial charge in [0.05, 0.1) is 36.4 Å². The number of anilines is 1. The van der Waals surface area contributed by atoms with E-state index in [0.717, 1.165) is 24.2 Å². The molecular formula is C25H29N3O5. The van der Waals surface area contributed by atoms with Crippen molar-refractivity contribution in [2.45, 2.75) is 19.3 Å². The molecule has 0 unspecified atom stereocenters. The standard InChI is InChI=1S/C25H29N3O5/c1-33-19-7-2-5-17(15-19)10-13-28-24(31)20-8-3-9-21(22(20)25(28)32)27-12-4-6-18(16-27)23(30)26-11-14-29/h2-3,5,7-9,15,18,29H,4,6,10-14,16H2,1H3,(H,26,30)/t18-/m0/s1. The van der Waals surface area contributed by atoms with Crippen LogP contribution in [0.25, 0.3) is 0 Å². The zero-order valence-electron chi connectivity index (χ0n) is 18.8. The predicted octanol–water partition coefficient (Wildman–Crippen LogP) is 1.86. The second kappa shape index (κ2) is 10.0. The van der Waals surface area contributed by atoms with E-state index in [-0.39, 0.29) is 43.3 Å². The fraction of sp³-hybridized carbons (Fsp3) is 0.400. The number of hydrogen-bond donors (Lipinski definition) is 2. The van der Waals surface area contributed by atoms with Gasteiger partial charge in [-0.25, -0.2) is 0 Å². The minimum atomic E-state index is -0.291. The van der Waals surface area contributed by atoms with E-state index in [1.54, 1.807) is 19.2 Å². The first-order chi connectivity index (χ1) is 16.0. The van der Waals surface area contributed by atoms with Crippen LogP contribution < -0.4 is 15.0 Å². The average molecular weight is 452 g/mol. The maximum atomic E-state index is 13.3. The lowest BCUT2D eigenvalue weighted by Crippen LogP contribution is -2.44. The summed E-state index contributed by atoms with van der Waals surface area (Å²) in [4.78, 5) is 42.1. The van der Waals surface area contributed by atoms with Crippen LogP contribution in [0.2, 0.25) is 0 Å². The average Bonchev–Trinajstić information content (AvgIpc) is 3.10. The molecule has 0 aromatic heterocycles. The van der Waals surface area contributed by atoms with Gasteiger partial charge in [0.25, 0.3) is 11.8 Å². The van der Waals surface area contributed by atoms with Gasteiger partial charge in [0.2, 0.25) is 5.91 Å². The Balaban J connectivity index is 1.51. The highest BCUT2D eigenvalue weighted by Gasteiger charge is 2.39. The molecule has 1 atom stereocenters. The van der Waals surface area contributed by atoms with Gasteiger partial charge in [-0.15, -0.1) is 0 Å². The summed E-state index contributed by atoms with van der Waals surface area (Å²) >= 11 is 0. The second-order valence-electron chi connectivity index (χ2n) is 8.36. The summed E-state index contributed by atoms with van der Waals surface area (Å²) in [5, 5.41) is 11.7. The number of aliphatic hydroxyl groups excluding tert-OH is 1. The van der Waals surface area contributed by atoms with Crippen LogP contribution in [0.4, 0.5) is 5.69 Å². The molecule has 2 aromatic rings. The Hall–Kier alpha value is -3.39. The van der Waals surface area contributed by atoms with Crippen LogP contribution in [-0.2, 0) is 11.2 Å². The number of nitrogens with zero attached hydrogens (tertiary/aromatic N) is 2. The van der Waals surface area contributed by atoms with Crippen molar-refractivity contribution in [1.29, 1.82) is 0 Å². The monoisotopic (exact) mass is 451 g/mol. The number of methoxy groups -OCH3 is 1. The summed E-state index contributed by atoms with van der Waals surface area (Å²) in [5.74, 6) is -0.157. The number of nitrogens with one attached hydrogen (secondary N) is 1.